The van der Waals surface area contributed by atoms with Crippen LogP contribution in [0.25, 0.3) is 0 Å². The monoisotopic (exact) mass is 293 g/mol. The van der Waals surface area contributed by atoms with E-state index in [1.807, 2.05) is 27.8 Å². The zero-order chi connectivity index (χ0) is 16.0. The first kappa shape index (κ1) is 17.2. The molecule has 0 aliphatic rings. The summed E-state index contributed by atoms with van der Waals surface area (Å²) in [5.74, 6) is 2.60. The van der Waals surface area contributed by atoms with Gasteiger partial charge in [-0.3, -0.25) is 4.79 Å². The number of hydrogen-bond acceptors (Lipinski definition) is 5. The topological polar surface area (TPSA) is 70.2 Å². The summed E-state index contributed by atoms with van der Waals surface area (Å²) in [7, 11) is 1.84. The molecule has 2 N–H and O–H groups in total. The molecular weight excluding hydrogens is 266 g/mol. The van der Waals surface area contributed by atoms with Gasteiger partial charge in [0.25, 0.3) is 0 Å². The number of aromatic nitrogens is 2. The minimum Gasteiger partial charge on any atom is -0.373 e. The molecule has 0 saturated heterocycles. The molecule has 0 fully saturated rings. The molecule has 0 bridgehead atoms. The lowest BCUT2D eigenvalue weighted by Gasteiger charge is -2.20. The van der Waals surface area contributed by atoms with E-state index in [4.69, 9.17) is 0 Å². The number of anilines is 2. The Kier molecular flexibility index (Phi) is 6.39. The predicted octanol–water partition coefficient (Wildman–Crippen LogP) is 2.23. The minimum atomic E-state index is 0.0788. The van der Waals surface area contributed by atoms with Gasteiger partial charge in [0.1, 0.15) is 17.5 Å². The Bertz CT molecular complexity index is 483. The fourth-order valence-corrected chi connectivity index (χ4v) is 2.06. The molecule has 118 valence electrons. The van der Waals surface area contributed by atoms with E-state index < -0.39 is 0 Å². The number of hydrogen-bond donors (Lipinski definition) is 2. The highest BCUT2D eigenvalue weighted by Gasteiger charge is 2.14. The molecule has 0 radical (unpaired) electrons. The molecule has 0 spiro atoms. The molecule has 0 aliphatic heterocycles. The lowest BCUT2D eigenvalue weighted by Crippen LogP contribution is -2.35. The van der Waals surface area contributed by atoms with Crippen molar-refractivity contribution in [2.45, 2.75) is 40.5 Å². The van der Waals surface area contributed by atoms with Crippen molar-refractivity contribution in [3.8, 4) is 0 Å². The van der Waals surface area contributed by atoms with Crippen LogP contribution in [0.1, 0.15) is 45.0 Å². The quantitative estimate of drug-likeness (QED) is 0.807. The van der Waals surface area contributed by atoms with Crippen LogP contribution in [-0.2, 0) is 4.79 Å². The zero-order valence-electron chi connectivity index (χ0n) is 13.9. The van der Waals surface area contributed by atoms with Gasteiger partial charge in [0.05, 0.1) is 6.54 Å². The molecule has 0 unspecified atom stereocenters. The summed E-state index contributed by atoms with van der Waals surface area (Å²) in [5, 5.41) is 6.23. The zero-order valence-corrected chi connectivity index (χ0v) is 13.9. The standard InChI is InChI=1S/C15H27N5O/c1-7-20(8-2)12(21)9-17-15-11(5)14(16-6)18-13(19-15)10(3)4/h10H,7-9H2,1-6H3,(H2,16,17,18,19). The highest BCUT2D eigenvalue weighted by Crippen LogP contribution is 2.22. The summed E-state index contributed by atoms with van der Waals surface area (Å²) in [6.45, 7) is 11.7. The van der Waals surface area contributed by atoms with Gasteiger partial charge in [-0.1, -0.05) is 13.8 Å². The summed E-state index contributed by atoms with van der Waals surface area (Å²) in [6.07, 6.45) is 0. The normalized spacial score (nSPS) is 10.6. The third-order valence-corrected chi connectivity index (χ3v) is 3.44. The van der Waals surface area contributed by atoms with E-state index in [1.54, 1.807) is 4.90 Å². The van der Waals surface area contributed by atoms with E-state index in [0.717, 1.165) is 36.1 Å². The summed E-state index contributed by atoms with van der Waals surface area (Å²) in [5.41, 5.74) is 0.925. The molecule has 1 rings (SSSR count). The van der Waals surface area contributed by atoms with Crippen molar-refractivity contribution in [1.82, 2.24) is 14.9 Å². The molecule has 1 amide bonds. The SMILES string of the molecule is CCN(CC)C(=O)CNc1nc(C(C)C)nc(NC)c1C. The Balaban J connectivity index is 2.92. The molecule has 6 nitrogen and oxygen atoms in total. The fraction of sp³-hybridized carbons (Fsp3) is 0.667. The Morgan fingerprint density at radius 2 is 1.76 bits per heavy atom. The van der Waals surface area contributed by atoms with E-state index in [2.05, 4.69) is 34.4 Å². The number of nitrogens with one attached hydrogen (secondary N) is 2. The second-order valence-corrected chi connectivity index (χ2v) is 5.23. The molecule has 0 saturated carbocycles. The van der Waals surface area contributed by atoms with E-state index in [-0.39, 0.29) is 18.4 Å². The average molecular weight is 293 g/mol. The van der Waals surface area contributed by atoms with Crippen LogP contribution in [0.15, 0.2) is 0 Å². The van der Waals surface area contributed by atoms with E-state index in [0.29, 0.717) is 0 Å². The highest BCUT2D eigenvalue weighted by atomic mass is 16.2. The van der Waals surface area contributed by atoms with Crippen LogP contribution < -0.4 is 10.6 Å². The van der Waals surface area contributed by atoms with Gasteiger partial charge in [-0.15, -0.1) is 0 Å². The van der Waals surface area contributed by atoms with Gasteiger partial charge in [-0.25, -0.2) is 9.97 Å². The van der Waals surface area contributed by atoms with Gasteiger partial charge in [0, 0.05) is 31.6 Å². The second kappa shape index (κ2) is 7.81. The van der Waals surface area contributed by atoms with Crippen LogP contribution in [0, 0.1) is 6.92 Å². The van der Waals surface area contributed by atoms with Crippen LogP contribution in [0.4, 0.5) is 11.6 Å². The third-order valence-electron chi connectivity index (χ3n) is 3.44. The van der Waals surface area contributed by atoms with E-state index in [9.17, 15) is 4.79 Å². The largest absolute Gasteiger partial charge is 0.373 e. The predicted molar refractivity (Wildman–Crippen MR) is 86.8 cm³/mol. The summed E-state index contributed by atoms with van der Waals surface area (Å²) < 4.78 is 0. The van der Waals surface area contributed by atoms with Crippen LogP contribution in [-0.4, -0.2) is 47.5 Å². The lowest BCUT2D eigenvalue weighted by atomic mass is 10.2. The van der Waals surface area contributed by atoms with Gasteiger partial charge in [-0.2, -0.15) is 0 Å². The van der Waals surface area contributed by atoms with Crippen LogP contribution in [0.3, 0.4) is 0 Å². The number of nitrogens with zero attached hydrogens (tertiary/aromatic N) is 3. The maximum absolute atomic E-state index is 12.1. The Morgan fingerprint density at radius 1 is 1.19 bits per heavy atom. The Hall–Kier alpha value is -1.85. The first-order valence-electron chi connectivity index (χ1n) is 7.52. The second-order valence-electron chi connectivity index (χ2n) is 5.23. The number of likely N-dealkylation sites (N-methyl/N-ethyl adjacent to an activating group) is 1. The van der Waals surface area contributed by atoms with Crippen molar-refractivity contribution in [2.24, 2.45) is 0 Å². The maximum Gasteiger partial charge on any atom is 0.241 e. The lowest BCUT2D eigenvalue weighted by molar-refractivity contribution is -0.128. The van der Waals surface area contributed by atoms with Gasteiger partial charge in [0.2, 0.25) is 5.91 Å². The van der Waals surface area contributed by atoms with Gasteiger partial charge >= 0.3 is 0 Å². The first-order chi connectivity index (χ1) is 9.94. The first-order valence-corrected chi connectivity index (χ1v) is 7.52. The molecule has 21 heavy (non-hydrogen) atoms. The minimum absolute atomic E-state index is 0.0788. The van der Waals surface area contributed by atoms with Crippen molar-refractivity contribution in [3.05, 3.63) is 11.4 Å². The summed E-state index contributed by atoms with van der Waals surface area (Å²) in [4.78, 5) is 22.9. The van der Waals surface area contributed by atoms with E-state index >= 15 is 0 Å². The molecule has 1 heterocycles. The van der Waals surface area contributed by atoms with Crippen LogP contribution in [0.5, 0.6) is 0 Å². The molecular formula is C15H27N5O. The molecule has 0 atom stereocenters. The smallest absolute Gasteiger partial charge is 0.241 e. The van der Waals surface area contributed by atoms with Crippen molar-refractivity contribution < 1.29 is 4.79 Å². The van der Waals surface area contributed by atoms with Crippen molar-refractivity contribution in [2.75, 3.05) is 37.3 Å². The average Bonchev–Trinajstić information content (AvgIpc) is 2.47. The number of carbonyl (C=O) groups is 1. The number of rotatable bonds is 7. The van der Waals surface area contributed by atoms with Gasteiger partial charge < -0.3 is 15.5 Å². The molecule has 0 aliphatic carbocycles. The van der Waals surface area contributed by atoms with E-state index in [1.165, 1.54) is 0 Å². The van der Waals surface area contributed by atoms with Crippen LogP contribution in [0.2, 0.25) is 0 Å². The van der Waals surface area contributed by atoms with Gasteiger partial charge in [0.15, 0.2) is 0 Å². The fourth-order valence-electron chi connectivity index (χ4n) is 2.06. The van der Waals surface area contributed by atoms with Crippen LogP contribution >= 0.6 is 0 Å². The van der Waals surface area contributed by atoms with Crippen molar-refractivity contribution >= 4 is 17.5 Å². The Morgan fingerprint density at radius 3 is 2.24 bits per heavy atom. The Labute approximate surface area is 127 Å². The molecule has 1 aromatic rings. The van der Waals surface area contributed by atoms with Crippen molar-refractivity contribution in [3.63, 3.8) is 0 Å². The molecule has 1 aromatic heterocycles. The third kappa shape index (κ3) is 4.31. The maximum atomic E-state index is 12.1. The van der Waals surface area contributed by atoms with Crippen molar-refractivity contribution in [1.29, 1.82) is 0 Å². The van der Waals surface area contributed by atoms with Gasteiger partial charge in [-0.05, 0) is 20.8 Å². The molecule has 0 aromatic carbocycles. The summed E-state index contributed by atoms with van der Waals surface area (Å²) >= 11 is 0. The molecule has 6 heteroatoms. The highest BCUT2D eigenvalue weighted by molar-refractivity contribution is 5.81. The number of carbonyl (C=O) groups excluding carboxylic acids is 1. The summed E-state index contributed by atoms with van der Waals surface area (Å²) in [6, 6.07) is 0. The number of amides is 1.